The quantitative estimate of drug-likeness (QED) is 0.459. The molecule has 8 N–H and O–H groups in total. The average Bonchev–Trinajstić information content (AvgIpc) is 2.49. The molecule has 6 nitrogen and oxygen atoms in total. The fraction of sp³-hybridized carbons (Fsp3) is 0.250. The number of ether oxygens (including phenoxy) is 2. The smallest absolute Gasteiger partial charge is 0.144 e. The Bertz CT molecular complexity index is 576. The first-order chi connectivity index (χ1) is 10.6. The number of hydrogen-bond donors (Lipinski definition) is 4. The zero-order valence-corrected chi connectivity index (χ0v) is 12.4. The fourth-order valence-electron chi connectivity index (χ4n) is 1.92. The second-order valence-electron chi connectivity index (χ2n) is 5.00. The van der Waals surface area contributed by atoms with Gasteiger partial charge in [-0.05, 0) is 37.1 Å². The second-order valence-corrected chi connectivity index (χ2v) is 5.00. The Balaban J connectivity index is 1.69. The fourth-order valence-corrected chi connectivity index (χ4v) is 1.92. The molecular formula is C16H22N4O2. The molecule has 0 heterocycles. The normalized spacial score (nSPS) is 10.4. The maximum Gasteiger partial charge on any atom is 0.144 e. The summed E-state index contributed by atoms with van der Waals surface area (Å²) in [5.74, 6) is 1.22. The maximum absolute atomic E-state index is 5.81. The van der Waals surface area contributed by atoms with Crippen molar-refractivity contribution in [3.63, 3.8) is 0 Å². The number of nitrogens with two attached hydrogens (primary N) is 4. The molecule has 0 atom stereocenters. The maximum atomic E-state index is 5.81. The van der Waals surface area contributed by atoms with Crippen molar-refractivity contribution in [3.8, 4) is 11.5 Å². The van der Waals surface area contributed by atoms with Gasteiger partial charge in [-0.15, -0.1) is 0 Å². The summed E-state index contributed by atoms with van der Waals surface area (Å²) in [7, 11) is 0. The highest BCUT2D eigenvalue weighted by Crippen LogP contribution is 2.25. The minimum Gasteiger partial charge on any atom is -0.491 e. The Morgan fingerprint density at radius 3 is 1.45 bits per heavy atom. The molecule has 6 heteroatoms. The molecule has 0 unspecified atom stereocenters. The zero-order valence-electron chi connectivity index (χ0n) is 12.4. The Hall–Kier alpha value is -2.76. The Labute approximate surface area is 130 Å². The van der Waals surface area contributed by atoms with Gasteiger partial charge in [0.2, 0.25) is 0 Å². The molecule has 0 saturated heterocycles. The predicted octanol–water partition coefficient (Wildman–Crippen LogP) is 2.25. The van der Waals surface area contributed by atoms with Gasteiger partial charge in [0.1, 0.15) is 11.5 Å². The lowest BCUT2D eigenvalue weighted by Crippen LogP contribution is -2.05. The topological polar surface area (TPSA) is 123 Å². The summed E-state index contributed by atoms with van der Waals surface area (Å²) < 4.78 is 11.2. The van der Waals surface area contributed by atoms with Crippen LogP contribution < -0.4 is 32.4 Å². The van der Waals surface area contributed by atoms with E-state index in [1.165, 1.54) is 0 Å². The second kappa shape index (κ2) is 7.31. The van der Waals surface area contributed by atoms with Gasteiger partial charge in [-0.3, -0.25) is 0 Å². The Kier molecular flexibility index (Phi) is 5.19. The minimum atomic E-state index is 0.545. The summed E-state index contributed by atoms with van der Waals surface area (Å²) >= 11 is 0. The molecule has 0 fully saturated rings. The van der Waals surface area contributed by atoms with Gasteiger partial charge in [-0.2, -0.15) is 0 Å². The van der Waals surface area contributed by atoms with E-state index in [1.807, 2.05) is 0 Å². The van der Waals surface area contributed by atoms with Gasteiger partial charge < -0.3 is 32.4 Å². The summed E-state index contributed by atoms with van der Waals surface area (Å²) in [6.07, 6.45) is 1.66. The molecule has 0 aliphatic carbocycles. The summed E-state index contributed by atoms with van der Waals surface area (Å²) in [6, 6.07) is 10.4. The molecule has 0 spiro atoms. The van der Waals surface area contributed by atoms with Gasteiger partial charge in [0.15, 0.2) is 0 Å². The van der Waals surface area contributed by atoms with Crippen LogP contribution in [0.5, 0.6) is 11.5 Å². The third-order valence-corrected chi connectivity index (χ3v) is 3.13. The van der Waals surface area contributed by atoms with E-state index in [0.29, 0.717) is 47.5 Å². The lowest BCUT2D eigenvalue weighted by atomic mass is 10.2. The summed E-state index contributed by atoms with van der Waals surface area (Å²) in [6.45, 7) is 1.09. The van der Waals surface area contributed by atoms with Crippen molar-refractivity contribution in [2.24, 2.45) is 0 Å². The molecule has 2 aromatic carbocycles. The number of nitrogen functional groups attached to an aromatic ring is 4. The number of benzene rings is 2. The highest BCUT2D eigenvalue weighted by atomic mass is 16.5. The van der Waals surface area contributed by atoms with Gasteiger partial charge in [0.05, 0.1) is 24.6 Å². The lowest BCUT2D eigenvalue weighted by Gasteiger charge is -2.11. The van der Waals surface area contributed by atoms with Crippen molar-refractivity contribution in [2.75, 3.05) is 36.1 Å². The first-order valence-corrected chi connectivity index (χ1v) is 7.12. The Morgan fingerprint density at radius 1 is 0.636 bits per heavy atom. The van der Waals surface area contributed by atoms with Crippen LogP contribution in [0.25, 0.3) is 0 Å². The van der Waals surface area contributed by atoms with Gasteiger partial charge >= 0.3 is 0 Å². The van der Waals surface area contributed by atoms with Crippen LogP contribution in [-0.4, -0.2) is 13.2 Å². The van der Waals surface area contributed by atoms with Gasteiger partial charge in [0.25, 0.3) is 0 Å². The molecule has 118 valence electrons. The summed E-state index contributed by atoms with van der Waals surface area (Å²) in [5, 5.41) is 0. The molecule has 2 rings (SSSR count). The van der Waals surface area contributed by atoms with Crippen LogP contribution in [0, 0.1) is 0 Å². The van der Waals surface area contributed by atoms with E-state index in [1.54, 1.807) is 36.4 Å². The van der Waals surface area contributed by atoms with Crippen molar-refractivity contribution >= 4 is 22.7 Å². The van der Waals surface area contributed by atoms with Crippen molar-refractivity contribution < 1.29 is 9.47 Å². The zero-order chi connectivity index (χ0) is 15.9. The van der Waals surface area contributed by atoms with Crippen LogP contribution in [0.3, 0.4) is 0 Å². The monoisotopic (exact) mass is 302 g/mol. The molecule has 0 bridgehead atoms. The molecule has 2 aromatic rings. The SMILES string of the molecule is Nc1ccc(N)c(OCCCCOc2cc(N)ccc2N)c1. The lowest BCUT2D eigenvalue weighted by molar-refractivity contribution is 0.268. The van der Waals surface area contributed by atoms with Gasteiger partial charge in [0, 0.05) is 23.5 Å². The first kappa shape index (κ1) is 15.6. The average molecular weight is 302 g/mol. The van der Waals surface area contributed by atoms with Crippen molar-refractivity contribution in [2.45, 2.75) is 12.8 Å². The highest BCUT2D eigenvalue weighted by Gasteiger charge is 2.02. The van der Waals surface area contributed by atoms with Crippen molar-refractivity contribution in [3.05, 3.63) is 36.4 Å². The third kappa shape index (κ3) is 4.37. The molecular weight excluding hydrogens is 280 g/mol. The number of unbranched alkanes of at least 4 members (excludes halogenated alkanes) is 1. The standard InChI is InChI=1S/C16H22N4O2/c17-11-3-5-13(19)15(9-11)21-7-1-2-8-22-16-10-12(18)4-6-14(16)20/h3-6,9-10H,1-2,7-8,17-20H2. The van der Waals surface area contributed by atoms with Crippen LogP contribution >= 0.6 is 0 Å². The van der Waals surface area contributed by atoms with E-state index >= 15 is 0 Å². The van der Waals surface area contributed by atoms with Gasteiger partial charge in [-0.25, -0.2) is 0 Å². The van der Waals surface area contributed by atoms with Crippen LogP contribution in [0.2, 0.25) is 0 Å². The molecule has 0 aliphatic heterocycles. The molecule has 0 aromatic heterocycles. The van der Waals surface area contributed by atoms with Crippen molar-refractivity contribution in [1.29, 1.82) is 0 Å². The van der Waals surface area contributed by atoms with E-state index in [-0.39, 0.29) is 0 Å². The van der Waals surface area contributed by atoms with Crippen LogP contribution in [-0.2, 0) is 0 Å². The molecule has 22 heavy (non-hydrogen) atoms. The Morgan fingerprint density at radius 2 is 1.05 bits per heavy atom. The number of anilines is 4. The third-order valence-electron chi connectivity index (χ3n) is 3.13. The largest absolute Gasteiger partial charge is 0.491 e. The predicted molar refractivity (Wildman–Crippen MR) is 90.8 cm³/mol. The minimum absolute atomic E-state index is 0.545. The number of rotatable bonds is 7. The molecule has 0 aliphatic rings. The van der Waals surface area contributed by atoms with E-state index in [2.05, 4.69) is 0 Å². The van der Waals surface area contributed by atoms with E-state index in [9.17, 15) is 0 Å². The number of hydrogen-bond acceptors (Lipinski definition) is 6. The van der Waals surface area contributed by atoms with E-state index < -0.39 is 0 Å². The van der Waals surface area contributed by atoms with Crippen molar-refractivity contribution in [1.82, 2.24) is 0 Å². The van der Waals surface area contributed by atoms with E-state index in [4.69, 9.17) is 32.4 Å². The van der Waals surface area contributed by atoms with E-state index in [0.717, 1.165) is 12.8 Å². The molecule has 0 radical (unpaired) electrons. The highest BCUT2D eigenvalue weighted by molar-refractivity contribution is 5.60. The van der Waals surface area contributed by atoms with Crippen LogP contribution in [0.4, 0.5) is 22.7 Å². The van der Waals surface area contributed by atoms with Crippen LogP contribution in [0.15, 0.2) is 36.4 Å². The van der Waals surface area contributed by atoms with Crippen LogP contribution in [0.1, 0.15) is 12.8 Å². The summed E-state index contributed by atoms with van der Waals surface area (Å²) in [5.41, 5.74) is 25.4. The molecule has 0 saturated carbocycles. The summed E-state index contributed by atoms with van der Waals surface area (Å²) in [4.78, 5) is 0. The first-order valence-electron chi connectivity index (χ1n) is 7.12. The molecule has 0 amide bonds. The van der Waals surface area contributed by atoms with Gasteiger partial charge in [-0.1, -0.05) is 0 Å².